The highest BCUT2D eigenvalue weighted by molar-refractivity contribution is 6.34. The quantitative estimate of drug-likeness (QED) is 0.617. The SMILES string of the molecule is CC(CNC(=O)c1c(Cl)cccc1[N+](=O)[O-])CC(=O)O. The van der Waals surface area contributed by atoms with E-state index in [4.69, 9.17) is 16.7 Å². The molecule has 0 aliphatic rings. The number of aliphatic carboxylic acids is 1. The Balaban J connectivity index is 2.83. The van der Waals surface area contributed by atoms with Gasteiger partial charge >= 0.3 is 5.97 Å². The van der Waals surface area contributed by atoms with Crippen LogP contribution < -0.4 is 5.32 Å². The Bertz CT molecular complexity index is 547. The fourth-order valence-corrected chi connectivity index (χ4v) is 1.87. The Morgan fingerprint density at radius 3 is 2.70 bits per heavy atom. The Labute approximate surface area is 119 Å². The van der Waals surface area contributed by atoms with Crippen molar-refractivity contribution in [2.75, 3.05) is 6.54 Å². The van der Waals surface area contributed by atoms with Gasteiger partial charge in [0.15, 0.2) is 0 Å². The van der Waals surface area contributed by atoms with Crippen molar-refractivity contribution < 1.29 is 19.6 Å². The fourth-order valence-electron chi connectivity index (χ4n) is 1.62. The highest BCUT2D eigenvalue weighted by Crippen LogP contribution is 2.25. The second kappa shape index (κ2) is 6.85. The summed E-state index contributed by atoms with van der Waals surface area (Å²) in [6.45, 7) is 1.74. The van der Waals surface area contributed by atoms with Gasteiger partial charge in [-0.2, -0.15) is 0 Å². The van der Waals surface area contributed by atoms with Crippen molar-refractivity contribution >= 4 is 29.2 Å². The molecule has 0 saturated carbocycles. The average Bonchev–Trinajstić information content (AvgIpc) is 2.34. The molecular weight excluding hydrogens is 288 g/mol. The number of hydrogen-bond acceptors (Lipinski definition) is 4. The van der Waals surface area contributed by atoms with E-state index in [1.54, 1.807) is 6.92 Å². The molecule has 1 unspecified atom stereocenters. The van der Waals surface area contributed by atoms with Gasteiger partial charge in [-0.15, -0.1) is 0 Å². The third kappa shape index (κ3) is 4.20. The lowest BCUT2D eigenvalue weighted by Crippen LogP contribution is -2.30. The molecule has 1 atom stereocenters. The molecule has 0 bridgehead atoms. The van der Waals surface area contributed by atoms with E-state index >= 15 is 0 Å². The van der Waals surface area contributed by atoms with Gasteiger partial charge in [0, 0.05) is 19.0 Å². The summed E-state index contributed by atoms with van der Waals surface area (Å²) in [5, 5.41) is 21.9. The summed E-state index contributed by atoms with van der Waals surface area (Å²) >= 11 is 5.81. The number of nitrogens with zero attached hydrogens (tertiary/aromatic N) is 1. The summed E-state index contributed by atoms with van der Waals surface area (Å²) in [6.07, 6.45) is -0.106. The van der Waals surface area contributed by atoms with Crippen molar-refractivity contribution in [3.63, 3.8) is 0 Å². The van der Waals surface area contributed by atoms with Crippen LogP contribution in [-0.4, -0.2) is 28.5 Å². The number of nitro benzene ring substituents is 1. The molecule has 0 radical (unpaired) electrons. The molecule has 0 aliphatic heterocycles. The minimum Gasteiger partial charge on any atom is -0.481 e. The van der Waals surface area contributed by atoms with Crippen molar-refractivity contribution in [3.05, 3.63) is 38.9 Å². The first-order valence-corrected chi connectivity index (χ1v) is 6.13. The molecular formula is C12H13ClN2O5. The number of carboxylic acid groups (broad SMARTS) is 1. The van der Waals surface area contributed by atoms with E-state index in [0.29, 0.717) is 0 Å². The third-order valence-corrected chi connectivity index (χ3v) is 2.86. The number of rotatable bonds is 6. The maximum atomic E-state index is 11.9. The Morgan fingerprint density at radius 2 is 2.15 bits per heavy atom. The molecule has 0 saturated heterocycles. The van der Waals surface area contributed by atoms with Crippen LogP contribution in [0, 0.1) is 16.0 Å². The minimum atomic E-state index is -0.976. The number of nitrogens with one attached hydrogen (secondary N) is 1. The summed E-state index contributed by atoms with van der Waals surface area (Å²) < 4.78 is 0. The summed E-state index contributed by atoms with van der Waals surface area (Å²) in [5.41, 5.74) is -0.609. The first-order chi connectivity index (χ1) is 9.32. The van der Waals surface area contributed by atoms with Gasteiger partial charge < -0.3 is 10.4 Å². The molecule has 0 aliphatic carbocycles. The standard InChI is InChI=1S/C12H13ClN2O5/c1-7(5-10(16)17)6-14-12(18)11-8(13)3-2-4-9(11)15(19)20/h2-4,7H,5-6H2,1H3,(H,14,18)(H,16,17). The summed E-state index contributed by atoms with van der Waals surface area (Å²) in [7, 11) is 0. The van der Waals surface area contributed by atoms with E-state index < -0.39 is 16.8 Å². The van der Waals surface area contributed by atoms with Gasteiger partial charge in [0.2, 0.25) is 0 Å². The number of halogens is 1. The first kappa shape index (κ1) is 15.9. The molecule has 1 aromatic carbocycles. The van der Waals surface area contributed by atoms with Gasteiger partial charge in [-0.25, -0.2) is 0 Å². The fraction of sp³-hybridized carbons (Fsp3) is 0.333. The predicted octanol–water partition coefficient (Wildman–Crippen LogP) is 2.09. The number of nitro groups is 1. The summed E-state index contributed by atoms with van der Waals surface area (Å²) in [4.78, 5) is 32.6. The molecule has 0 heterocycles. The number of hydrogen-bond donors (Lipinski definition) is 2. The maximum absolute atomic E-state index is 11.9. The minimum absolute atomic E-state index is 0.0254. The predicted molar refractivity (Wildman–Crippen MR) is 71.9 cm³/mol. The number of benzene rings is 1. The van der Waals surface area contributed by atoms with Gasteiger partial charge in [-0.05, 0) is 12.0 Å². The van der Waals surface area contributed by atoms with Crippen LogP contribution in [0.5, 0.6) is 0 Å². The van der Waals surface area contributed by atoms with Crippen LogP contribution in [0.1, 0.15) is 23.7 Å². The maximum Gasteiger partial charge on any atom is 0.303 e. The first-order valence-electron chi connectivity index (χ1n) is 5.75. The van der Waals surface area contributed by atoms with E-state index in [2.05, 4.69) is 5.32 Å². The van der Waals surface area contributed by atoms with Crippen molar-refractivity contribution in [2.45, 2.75) is 13.3 Å². The molecule has 0 fully saturated rings. The highest BCUT2D eigenvalue weighted by atomic mass is 35.5. The van der Waals surface area contributed by atoms with E-state index in [9.17, 15) is 19.7 Å². The topological polar surface area (TPSA) is 110 Å². The third-order valence-electron chi connectivity index (χ3n) is 2.55. The van der Waals surface area contributed by atoms with Crippen LogP contribution in [0.25, 0.3) is 0 Å². The molecule has 0 aromatic heterocycles. The van der Waals surface area contributed by atoms with Crippen LogP contribution >= 0.6 is 11.6 Å². The smallest absolute Gasteiger partial charge is 0.303 e. The Kier molecular flexibility index (Phi) is 5.45. The van der Waals surface area contributed by atoms with E-state index in [1.165, 1.54) is 18.2 Å². The Morgan fingerprint density at radius 1 is 1.50 bits per heavy atom. The van der Waals surface area contributed by atoms with E-state index in [1.807, 2.05) is 0 Å². The Hall–Kier alpha value is -2.15. The van der Waals surface area contributed by atoms with Crippen molar-refractivity contribution in [3.8, 4) is 0 Å². The lowest BCUT2D eigenvalue weighted by Gasteiger charge is -2.11. The van der Waals surface area contributed by atoms with Crippen molar-refractivity contribution in [1.82, 2.24) is 5.32 Å². The molecule has 20 heavy (non-hydrogen) atoms. The van der Waals surface area contributed by atoms with E-state index in [-0.39, 0.29) is 35.2 Å². The zero-order valence-electron chi connectivity index (χ0n) is 10.6. The summed E-state index contributed by atoms with van der Waals surface area (Å²) in [6, 6.07) is 3.94. The van der Waals surface area contributed by atoms with Gasteiger partial charge in [0.25, 0.3) is 11.6 Å². The molecule has 8 heteroatoms. The number of amides is 1. The molecule has 7 nitrogen and oxygen atoms in total. The molecule has 1 amide bonds. The lowest BCUT2D eigenvalue weighted by atomic mass is 10.1. The number of carboxylic acids is 1. The van der Waals surface area contributed by atoms with Crippen LogP contribution in [0.4, 0.5) is 5.69 Å². The van der Waals surface area contributed by atoms with Crippen LogP contribution in [-0.2, 0) is 4.79 Å². The molecule has 1 aromatic rings. The molecule has 0 spiro atoms. The van der Waals surface area contributed by atoms with Crippen LogP contribution in [0.15, 0.2) is 18.2 Å². The van der Waals surface area contributed by atoms with Crippen molar-refractivity contribution in [2.24, 2.45) is 5.92 Å². The largest absolute Gasteiger partial charge is 0.481 e. The number of carbonyl (C=O) groups excluding carboxylic acids is 1. The van der Waals surface area contributed by atoms with Crippen LogP contribution in [0.2, 0.25) is 5.02 Å². The monoisotopic (exact) mass is 300 g/mol. The highest BCUT2D eigenvalue weighted by Gasteiger charge is 2.23. The van der Waals surface area contributed by atoms with E-state index in [0.717, 1.165) is 0 Å². The average molecular weight is 301 g/mol. The second-order valence-corrected chi connectivity index (χ2v) is 4.71. The second-order valence-electron chi connectivity index (χ2n) is 4.30. The summed E-state index contributed by atoms with van der Waals surface area (Å²) in [5.74, 6) is -1.96. The van der Waals surface area contributed by atoms with Crippen molar-refractivity contribution in [1.29, 1.82) is 0 Å². The zero-order chi connectivity index (χ0) is 15.3. The normalized spacial score (nSPS) is 11.7. The molecule has 1 rings (SSSR count). The van der Waals surface area contributed by atoms with Gasteiger partial charge in [0.1, 0.15) is 5.56 Å². The zero-order valence-corrected chi connectivity index (χ0v) is 11.4. The molecule has 108 valence electrons. The van der Waals surface area contributed by atoms with Gasteiger partial charge in [0.05, 0.1) is 9.95 Å². The molecule has 2 N–H and O–H groups in total. The van der Waals surface area contributed by atoms with Crippen LogP contribution in [0.3, 0.4) is 0 Å². The number of carbonyl (C=O) groups is 2. The lowest BCUT2D eigenvalue weighted by molar-refractivity contribution is -0.385. The van der Waals surface area contributed by atoms with Gasteiger partial charge in [-0.1, -0.05) is 24.6 Å². The van der Waals surface area contributed by atoms with Gasteiger partial charge in [-0.3, -0.25) is 19.7 Å².